The van der Waals surface area contributed by atoms with Gasteiger partial charge in [0.15, 0.2) is 0 Å². The second-order valence-corrected chi connectivity index (χ2v) is 4.55. The summed E-state index contributed by atoms with van der Waals surface area (Å²) in [6.45, 7) is 6.39. The van der Waals surface area contributed by atoms with Crippen LogP contribution in [0.15, 0.2) is 24.3 Å². The van der Waals surface area contributed by atoms with Crippen LogP contribution in [0.2, 0.25) is 0 Å². The number of rotatable bonds is 4. The molecule has 1 aromatic carbocycles. The Morgan fingerprint density at radius 3 is 2.47 bits per heavy atom. The summed E-state index contributed by atoms with van der Waals surface area (Å²) in [6, 6.07) is 6.98. The van der Waals surface area contributed by atoms with Crippen LogP contribution >= 0.6 is 0 Å². The molecule has 1 aliphatic carbocycles. The van der Waals surface area contributed by atoms with Crippen LogP contribution in [0.1, 0.15) is 25.8 Å². The van der Waals surface area contributed by atoms with Crippen molar-refractivity contribution in [2.45, 2.75) is 25.7 Å². The zero-order valence-corrected chi connectivity index (χ0v) is 9.39. The fourth-order valence-electron chi connectivity index (χ4n) is 2.37. The predicted molar refractivity (Wildman–Crippen MR) is 60.4 cm³/mol. The van der Waals surface area contributed by atoms with Crippen molar-refractivity contribution in [3.8, 4) is 0 Å². The van der Waals surface area contributed by atoms with E-state index in [1.54, 1.807) is 12.1 Å². The molecule has 1 saturated carbocycles. The van der Waals surface area contributed by atoms with E-state index in [0.29, 0.717) is 5.92 Å². The highest BCUT2D eigenvalue weighted by Crippen LogP contribution is 2.53. The molecule has 0 amide bonds. The van der Waals surface area contributed by atoms with E-state index in [9.17, 15) is 4.39 Å². The molecule has 1 aliphatic rings. The van der Waals surface area contributed by atoms with Crippen molar-refractivity contribution in [3.05, 3.63) is 35.6 Å². The lowest BCUT2D eigenvalue weighted by Crippen LogP contribution is -2.28. The van der Waals surface area contributed by atoms with Gasteiger partial charge in [0.2, 0.25) is 0 Å². The molecule has 0 radical (unpaired) electrons. The zero-order valence-electron chi connectivity index (χ0n) is 9.39. The van der Waals surface area contributed by atoms with Gasteiger partial charge in [0.05, 0.1) is 0 Å². The lowest BCUT2D eigenvalue weighted by atomic mass is 9.93. The largest absolute Gasteiger partial charge is 0.316 e. The summed E-state index contributed by atoms with van der Waals surface area (Å²) in [4.78, 5) is 0. The van der Waals surface area contributed by atoms with Crippen LogP contribution in [0.3, 0.4) is 0 Å². The Hall–Kier alpha value is -0.890. The van der Waals surface area contributed by atoms with Gasteiger partial charge in [-0.2, -0.15) is 0 Å². The van der Waals surface area contributed by atoms with Gasteiger partial charge in [0, 0.05) is 12.0 Å². The Kier molecular flexibility index (Phi) is 2.79. The van der Waals surface area contributed by atoms with Crippen molar-refractivity contribution in [2.24, 2.45) is 5.92 Å². The minimum absolute atomic E-state index is 0.148. The summed E-state index contributed by atoms with van der Waals surface area (Å²) < 4.78 is 12.8. The monoisotopic (exact) mass is 207 g/mol. The molecular weight excluding hydrogens is 189 g/mol. The van der Waals surface area contributed by atoms with Gasteiger partial charge < -0.3 is 5.32 Å². The number of halogens is 1. The fourth-order valence-corrected chi connectivity index (χ4v) is 2.37. The lowest BCUT2D eigenvalue weighted by Gasteiger charge is -2.17. The molecule has 0 saturated heterocycles. The Morgan fingerprint density at radius 1 is 1.40 bits per heavy atom. The molecular formula is C13H18FN. The van der Waals surface area contributed by atoms with Crippen LogP contribution in [0, 0.1) is 11.7 Å². The lowest BCUT2D eigenvalue weighted by molar-refractivity contribution is 0.553. The molecule has 2 atom stereocenters. The van der Waals surface area contributed by atoms with Crippen molar-refractivity contribution in [2.75, 3.05) is 13.1 Å². The van der Waals surface area contributed by atoms with Crippen LogP contribution in [-0.4, -0.2) is 13.1 Å². The number of benzene rings is 1. The van der Waals surface area contributed by atoms with Gasteiger partial charge in [-0.05, 0) is 36.6 Å². The molecule has 2 heteroatoms. The highest BCUT2D eigenvalue weighted by Gasteiger charge is 2.51. The van der Waals surface area contributed by atoms with Gasteiger partial charge in [-0.25, -0.2) is 4.39 Å². The van der Waals surface area contributed by atoms with E-state index in [4.69, 9.17) is 0 Å². The van der Waals surface area contributed by atoms with Gasteiger partial charge in [-0.15, -0.1) is 0 Å². The first kappa shape index (κ1) is 10.6. The minimum Gasteiger partial charge on any atom is -0.316 e. The molecule has 1 N–H and O–H groups in total. The molecule has 0 heterocycles. The normalized spacial score (nSPS) is 29.1. The van der Waals surface area contributed by atoms with E-state index in [1.807, 2.05) is 12.1 Å². The van der Waals surface area contributed by atoms with E-state index >= 15 is 0 Å². The Morgan fingerprint density at radius 2 is 2.00 bits per heavy atom. The first-order valence-electron chi connectivity index (χ1n) is 5.66. The third-order valence-corrected chi connectivity index (χ3v) is 3.56. The van der Waals surface area contributed by atoms with Crippen LogP contribution in [0.4, 0.5) is 4.39 Å². The Bertz CT molecular complexity index is 333. The first-order chi connectivity index (χ1) is 7.19. The van der Waals surface area contributed by atoms with Gasteiger partial charge >= 0.3 is 0 Å². The number of hydrogen-bond donors (Lipinski definition) is 1. The smallest absolute Gasteiger partial charge is 0.123 e. The zero-order chi connectivity index (χ0) is 10.9. The molecule has 82 valence electrons. The quantitative estimate of drug-likeness (QED) is 0.800. The summed E-state index contributed by atoms with van der Waals surface area (Å²) in [6.07, 6.45) is 1.21. The predicted octanol–water partition coefficient (Wildman–Crippen LogP) is 2.71. The van der Waals surface area contributed by atoms with E-state index in [1.165, 1.54) is 12.0 Å². The standard InChI is InChI=1S/C13H18FN/c1-3-15-9-13(8-10(13)2)11-4-6-12(14)7-5-11/h4-7,10,15H,3,8-9H2,1-2H3. The molecule has 0 aliphatic heterocycles. The average Bonchev–Trinajstić information content (AvgIpc) is 2.89. The first-order valence-corrected chi connectivity index (χ1v) is 5.66. The van der Waals surface area contributed by atoms with Crippen molar-refractivity contribution < 1.29 is 4.39 Å². The highest BCUT2D eigenvalue weighted by atomic mass is 19.1. The van der Waals surface area contributed by atoms with Gasteiger partial charge in [-0.3, -0.25) is 0 Å². The van der Waals surface area contributed by atoms with Crippen LogP contribution in [0.25, 0.3) is 0 Å². The number of likely N-dealkylation sites (N-methyl/N-ethyl adjacent to an activating group) is 1. The van der Waals surface area contributed by atoms with E-state index in [2.05, 4.69) is 19.2 Å². The number of hydrogen-bond acceptors (Lipinski definition) is 1. The van der Waals surface area contributed by atoms with E-state index in [-0.39, 0.29) is 11.2 Å². The topological polar surface area (TPSA) is 12.0 Å². The molecule has 1 aromatic rings. The van der Waals surface area contributed by atoms with Crippen molar-refractivity contribution >= 4 is 0 Å². The third-order valence-electron chi connectivity index (χ3n) is 3.56. The van der Waals surface area contributed by atoms with Crippen molar-refractivity contribution in [1.29, 1.82) is 0 Å². The van der Waals surface area contributed by atoms with Gasteiger partial charge in [0.25, 0.3) is 0 Å². The molecule has 0 bridgehead atoms. The van der Waals surface area contributed by atoms with Crippen LogP contribution in [0.5, 0.6) is 0 Å². The SMILES string of the molecule is CCNCC1(c2ccc(F)cc2)CC1C. The molecule has 0 aromatic heterocycles. The number of nitrogens with one attached hydrogen (secondary N) is 1. The molecule has 2 unspecified atom stereocenters. The fraction of sp³-hybridized carbons (Fsp3) is 0.538. The maximum absolute atomic E-state index is 12.8. The van der Waals surface area contributed by atoms with Crippen molar-refractivity contribution in [3.63, 3.8) is 0 Å². The van der Waals surface area contributed by atoms with E-state index in [0.717, 1.165) is 13.1 Å². The van der Waals surface area contributed by atoms with E-state index < -0.39 is 0 Å². The maximum atomic E-state index is 12.8. The third kappa shape index (κ3) is 1.91. The highest BCUT2D eigenvalue weighted by molar-refractivity contribution is 5.34. The molecule has 2 rings (SSSR count). The second-order valence-electron chi connectivity index (χ2n) is 4.55. The van der Waals surface area contributed by atoms with Gasteiger partial charge in [-0.1, -0.05) is 26.0 Å². The molecule has 1 fully saturated rings. The summed E-state index contributed by atoms with van der Waals surface area (Å²) in [5, 5.41) is 3.40. The second kappa shape index (κ2) is 3.93. The van der Waals surface area contributed by atoms with Crippen molar-refractivity contribution in [1.82, 2.24) is 5.32 Å². The Balaban J connectivity index is 2.16. The maximum Gasteiger partial charge on any atom is 0.123 e. The minimum atomic E-state index is -0.148. The molecule has 0 spiro atoms. The molecule has 15 heavy (non-hydrogen) atoms. The van der Waals surface area contributed by atoms with Crippen LogP contribution in [-0.2, 0) is 5.41 Å². The summed E-state index contributed by atoms with van der Waals surface area (Å²) in [5.41, 5.74) is 1.54. The average molecular weight is 207 g/mol. The Labute approximate surface area is 90.7 Å². The summed E-state index contributed by atoms with van der Waals surface area (Å²) >= 11 is 0. The summed E-state index contributed by atoms with van der Waals surface area (Å²) in [7, 11) is 0. The summed E-state index contributed by atoms with van der Waals surface area (Å²) in [5.74, 6) is 0.563. The molecule has 1 nitrogen and oxygen atoms in total. The van der Waals surface area contributed by atoms with Crippen LogP contribution < -0.4 is 5.32 Å². The van der Waals surface area contributed by atoms with Gasteiger partial charge in [0.1, 0.15) is 5.82 Å².